The molecule has 8 heteroatoms. The average Bonchev–Trinajstić information content (AvgIpc) is 3.23. The molecule has 1 fully saturated rings. The Labute approximate surface area is 151 Å². The molecular weight excluding hydrogens is 334 g/mol. The summed E-state index contributed by atoms with van der Waals surface area (Å²) in [5.41, 5.74) is 2.23. The summed E-state index contributed by atoms with van der Waals surface area (Å²) in [6.45, 7) is 5.16. The molecule has 0 spiro atoms. The van der Waals surface area contributed by atoms with Gasteiger partial charge in [-0.15, -0.1) is 11.3 Å². The van der Waals surface area contributed by atoms with Crippen molar-refractivity contribution in [3.63, 3.8) is 0 Å². The smallest absolute Gasteiger partial charge is 0.252 e. The van der Waals surface area contributed by atoms with Crippen molar-refractivity contribution in [2.24, 2.45) is 0 Å². The summed E-state index contributed by atoms with van der Waals surface area (Å²) in [5.74, 6) is 1.16. The van der Waals surface area contributed by atoms with E-state index >= 15 is 0 Å². The van der Waals surface area contributed by atoms with Gasteiger partial charge in [0.1, 0.15) is 6.33 Å². The molecule has 0 N–H and O–H groups in total. The predicted octanol–water partition coefficient (Wildman–Crippen LogP) is 2.33. The highest BCUT2D eigenvalue weighted by molar-refractivity contribution is 7.15. The summed E-state index contributed by atoms with van der Waals surface area (Å²) < 4.78 is 1.90. The molecule has 3 aromatic heterocycles. The van der Waals surface area contributed by atoms with Crippen LogP contribution in [0.2, 0.25) is 0 Å². The Balaban J connectivity index is 1.53. The molecule has 1 unspecified atom stereocenters. The van der Waals surface area contributed by atoms with Gasteiger partial charge in [-0.3, -0.25) is 4.90 Å². The fourth-order valence-electron chi connectivity index (χ4n) is 3.49. The third-order valence-corrected chi connectivity index (χ3v) is 5.78. The Morgan fingerprint density at radius 1 is 1.32 bits per heavy atom. The maximum absolute atomic E-state index is 4.49. The van der Waals surface area contributed by atoms with Crippen molar-refractivity contribution >= 4 is 22.2 Å². The van der Waals surface area contributed by atoms with Gasteiger partial charge < -0.3 is 4.90 Å². The molecule has 0 aliphatic carbocycles. The Hall–Kier alpha value is -2.06. The Kier molecular flexibility index (Phi) is 4.39. The summed E-state index contributed by atoms with van der Waals surface area (Å²) in [5, 5.41) is 5.45. The SMILES string of the molecule is Cc1cc(C2CCCN(Cc3cnc(N(C)C)s3)C2)n2ncnc2n1. The lowest BCUT2D eigenvalue weighted by atomic mass is 9.94. The molecule has 0 radical (unpaired) electrons. The first-order valence-electron chi connectivity index (χ1n) is 8.62. The maximum Gasteiger partial charge on any atom is 0.252 e. The minimum atomic E-state index is 0.459. The van der Waals surface area contributed by atoms with Gasteiger partial charge in [0.15, 0.2) is 5.13 Å². The van der Waals surface area contributed by atoms with E-state index in [0.717, 1.165) is 30.5 Å². The Morgan fingerprint density at radius 3 is 3.00 bits per heavy atom. The molecule has 3 aromatic rings. The van der Waals surface area contributed by atoms with Gasteiger partial charge in [-0.25, -0.2) is 14.5 Å². The van der Waals surface area contributed by atoms with E-state index < -0.39 is 0 Å². The van der Waals surface area contributed by atoms with E-state index in [0.29, 0.717) is 11.7 Å². The second-order valence-electron chi connectivity index (χ2n) is 6.87. The molecule has 4 rings (SSSR count). The number of anilines is 1. The third kappa shape index (κ3) is 3.36. The maximum atomic E-state index is 4.49. The highest BCUT2D eigenvalue weighted by Gasteiger charge is 2.25. The fourth-order valence-corrected chi connectivity index (χ4v) is 4.36. The van der Waals surface area contributed by atoms with Gasteiger partial charge >= 0.3 is 0 Å². The van der Waals surface area contributed by atoms with E-state index in [1.165, 1.54) is 23.4 Å². The van der Waals surface area contributed by atoms with Gasteiger partial charge in [0, 0.05) is 49.9 Å². The van der Waals surface area contributed by atoms with Crippen molar-refractivity contribution in [3.05, 3.63) is 34.9 Å². The molecule has 7 nitrogen and oxygen atoms in total. The number of aromatic nitrogens is 5. The number of nitrogens with zero attached hydrogens (tertiary/aromatic N) is 7. The van der Waals surface area contributed by atoms with Gasteiger partial charge in [0.05, 0.1) is 5.69 Å². The van der Waals surface area contributed by atoms with E-state index in [4.69, 9.17) is 0 Å². The number of aryl methyl sites for hydroxylation is 1. The first-order valence-corrected chi connectivity index (χ1v) is 9.43. The van der Waals surface area contributed by atoms with Gasteiger partial charge in [-0.05, 0) is 32.4 Å². The Bertz CT molecular complexity index is 869. The molecule has 1 aliphatic heterocycles. The standard InChI is InChI=1S/C17H23N7S/c1-12-7-15(24-16(21-12)19-11-20-24)13-5-4-6-23(9-13)10-14-8-18-17(25-14)22(2)3/h7-8,11,13H,4-6,9-10H2,1-3H3. The largest absolute Gasteiger partial charge is 0.354 e. The molecule has 1 aliphatic rings. The highest BCUT2D eigenvalue weighted by atomic mass is 32.1. The van der Waals surface area contributed by atoms with Crippen LogP contribution in [0, 0.1) is 6.92 Å². The lowest BCUT2D eigenvalue weighted by Gasteiger charge is -2.32. The van der Waals surface area contributed by atoms with Crippen LogP contribution in [0.1, 0.15) is 35.0 Å². The highest BCUT2D eigenvalue weighted by Crippen LogP contribution is 2.29. The zero-order valence-corrected chi connectivity index (χ0v) is 15.7. The van der Waals surface area contributed by atoms with Gasteiger partial charge in [-0.2, -0.15) is 10.1 Å². The quantitative estimate of drug-likeness (QED) is 0.714. The van der Waals surface area contributed by atoms with E-state index in [1.54, 1.807) is 17.7 Å². The summed E-state index contributed by atoms with van der Waals surface area (Å²) >= 11 is 1.77. The molecule has 4 heterocycles. The lowest BCUT2D eigenvalue weighted by Crippen LogP contribution is -2.34. The minimum absolute atomic E-state index is 0.459. The van der Waals surface area contributed by atoms with Crippen LogP contribution in [0.25, 0.3) is 5.78 Å². The third-order valence-electron chi connectivity index (χ3n) is 4.63. The molecule has 0 saturated carbocycles. The fraction of sp³-hybridized carbons (Fsp3) is 0.529. The summed E-state index contributed by atoms with van der Waals surface area (Å²) in [7, 11) is 4.07. The van der Waals surface area contributed by atoms with Crippen molar-refractivity contribution in [2.75, 3.05) is 32.1 Å². The van der Waals surface area contributed by atoms with Crippen molar-refractivity contribution in [2.45, 2.75) is 32.2 Å². The molecular formula is C17H23N7S. The van der Waals surface area contributed by atoms with E-state index in [9.17, 15) is 0 Å². The zero-order chi connectivity index (χ0) is 17.4. The normalized spacial score (nSPS) is 18.8. The molecule has 0 amide bonds. The number of hydrogen-bond acceptors (Lipinski definition) is 7. The number of likely N-dealkylation sites (tertiary alicyclic amines) is 1. The number of fused-ring (bicyclic) bond motifs is 1. The molecule has 0 aromatic carbocycles. The van der Waals surface area contributed by atoms with Crippen LogP contribution in [-0.4, -0.2) is 56.7 Å². The molecule has 25 heavy (non-hydrogen) atoms. The number of thiazole rings is 1. The van der Waals surface area contributed by atoms with Crippen LogP contribution < -0.4 is 4.90 Å². The van der Waals surface area contributed by atoms with E-state index in [2.05, 4.69) is 35.9 Å². The van der Waals surface area contributed by atoms with Crippen molar-refractivity contribution in [3.8, 4) is 0 Å². The summed E-state index contributed by atoms with van der Waals surface area (Å²) in [4.78, 5) is 19.1. The second-order valence-corrected chi connectivity index (χ2v) is 7.97. The monoisotopic (exact) mass is 357 g/mol. The summed E-state index contributed by atoms with van der Waals surface area (Å²) in [6.07, 6.45) is 5.98. The number of rotatable bonds is 4. The van der Waals surface area contributed by atoms with Crippen molar-refractivity contribution in [1.82, 2.24) is 29.5 Å². The predicted molar refractivity (Wildman–Crippen MR) is 99.2 cm³/mol. The second kappa shape index (κ2) is 6.68. The van der Waals surface area contributed by atoms with E-state index in [-0.39, 0.29) is 0 Å². The lowest BCUT2D eigenvalue weighted by molar-refractivity contribution is 0.199. The van der Waals surface area contributed by atoms with Crippen molar-refractivity contribution in [1.29, 1.82) is 0 Å². The Morgan fingerprint density at radius 2 is 2.20 bits per heavy atom. The average molecular weight is 357 g/mol. The first kappa shape index (κ1) is 16.4. The molecule has 132 valence electrons. The summed E-state index contributed by atoms with van der Waals surface area (Å²) in [6, 6.07) is 2.16. The van der Waals surface area contributed by atoms with Crippen LogP contribution in [-0.2, 0) is 6.54 Å². The zero-order valence-electron chi connectivity index (χ0n) is 14.9. The van der Waals surface area contributed by atoms with Gasteiger partial charge in [0.25, 0.3) is 5.78 Å². The molecule has 1 saturated heterocycles. The number of piperidine rings is 1. The topological polar surface area (TPSA) is 62.5 Å². The molecule has 1 atom stereocenters. The van der Waals surface area contributed by atoms with Crippen LogP contribution in [0.3, 0.4) is 0 Å². The van der Waals surface area contributed by atoms with E-state index in [1.807, 2.05) is 31.7 Å². The van der Waals surface area contributed by atoms with Gasteiger partial charge in [0.2, 0.25) is 0 Å². The van der Waals surface area contributed by atoms with Crippen LogP contribution >= 0.6 is 11.3 Å². The minimum Gasteiger partial charge on any atom is -0.354 e. The van der Waals surface area contributed by atoms with Crippen molar-refractivity contribution < 1.29 is 0 Å². The molecule has 0 bridgehead atoms. The van der Waals surface area contributed by atoms with Crippen LogP contribution in [0.15, 0.2) is 18.6 Å². The van der Waals surface area contributed by atoms with Crippen LogP contribution in [0.5, 0.6) is 0 Å². The first-order chi connectivity index (χ1) is 12.1. The number of hydrogen-bond donors (Lipinski definition) is 0. The van der Waals surface area contributed by atoms with Gasteiger partial charge in [-0.1, -0.05) is 0 Å². The van der Waals surface area contributed by atoms with Crippen LogP contribution in [0.4, 0.5) is 5.13 Å².